The molecule has 3 N–H and O–H groups in total. The van der Waals surface area contributed by atoms with Gasteiger partial charge >= 0.3 is 0 Å². The molecule has 0 saturated heterocycles. The number of aromatic amines is 1. The van der Waals surface area contributed by atoms with Crippen LogP contribution >= 0.6 is 0 Å². The molecule has 2 aromatic rings. The van der Waals surface area contributed by atoms with E-state index in [1.165, 1.54) is 5.56 Å². The predicted molar refractivity (Wildman–Crippen MR) is 75.4 cm³/mol. The van der Waals surface area contributed by atoms with Crippen molar-refractivity contribution in [1.29, 1.82) is 0 Å². The van der Waals surface area contributed by atoms with Crippen molar-refractivity contribution >= 4 is 11.0 Å². The summed E-state index contributed by atoms with van der Waals surface area (Å²) in [5.41, 5.74) is 9.17. The van der Waals surface area contributed by atoms with Gasteiger partial charge in [0.15, 0.2) is 0 Å². The second-order valence-corrected chi connectivity index (χ2v) is 5.24. The standard InChI is InChI=1S/C14H22N4/c1-10(8-15)6-14(18(2)3)11-4-5-12-13(7-11)17-9-16-12/h4-5,7,9-10,14H,6,8,15H2,1-3H3,(H,16,17). The summed E-state index contributed by atoms with van der Waals surface area (Å²) in [6.45, 7) is 2.93. The zero-order valence-electron chi connectivity index (χ0n) is 11.4. The highest BCUT2D eigenvalue weighted by Crippen LogP contribution is 2.27. The first-order valence-electron chi connectivity index (χ1n) is 6.41. The third-order valence-electron chi connectivity index (χ3n) is 3.48. The molecule has 0 aliphatic heterocycles. The van der Waals surface area contributed by atoms with Crippen molar-refractivity contribution in [2.24, 2.45) is 11.7 Å². The van der Waals surface area contributed by atoms with Crippen molar-refractivity contribution in [3.8, 4) is 0 Å². The third kappa shape index (κ3) is 2.71. The highest BCUT2D eigenvalue weighted by Gasteiger charge is 2.17. The van der Waals surface area contributed by atoms with Gasteiger partial charge in [-0.15, -0.1) is 0 Å². The van der Waals surface area contributed by atoms with Crippen molar-refractivity contribution in [3.05, 3.63) is 30.1 Å². The van der Waals surface area contributed by atoms with Gasteiger partial charge in [-0.3, -0.25) is 0 Å². The van der Waals surface area contributed by atoms with Crippen LogP contribution in [0.15, 0.2) is 24.5 Å². The number of rotatable bonds is 5. The van der Waals surface area contributed by atoms with Crippen LogP contribution in [-0.2, 0) is 0 Å². The van der Waals surface area contributed by atoms with E-state index in [1.54, 1.807) is 6.33 Å². The monoisotopic (exact) mass is 246 g/mol. The van der Waals surface area contributed by atoms with Gasteiger partial charge in [0.2, 0.25) is 0 Å². The van der Waals surface area contributed by atoms with Crippen LogP contribution < -0.4 is 5.73 Å². The maximum absolute atomic E-state index is 5.74. The predicted octanol–water partition coefficient (Wildman–Crippen LogP) is 2.15. The summed E-state index contributed by atoms with van der Waals surface area (Å²) >= 11 is 0. The molecule has 1 aromatic carbocycles. The van der Waals surface area contributed by atoms with Gasteiger partial charge in [0, 0.05) is 6.04 Å². The molecular formula is C14H22N4. The number of benzene rings is 1. The Balaban J connectivity index is 2.28. The summed E-state index contributed by atoms with van der Waals surface area (Å²) in [6, 6.07) is 6.83. The zero-order valence-corrected chi connectivity index (χ0v) is 11.4. The second-order valence-electron chi connectivity index (χ2n) is 5.24. The zero-order chi connectivity index (χ0) is 13.1. The first-order chi connectivity index (χ1) is 8.61. The molecule has 2 rings (SSSR count). The number of H-pyrrole nitrogens is 1. The topological polar surface area (TPSA) is 57.9 Å². The van der Waals surface area contributed by atoms with E-state index >= 15 is 0 Å². The van der Waals surface area contributed by atoms with Gasteiger partial charge in [-0.25, -0.2) is 4.98 Å². The van der Waals surface area contributed by atoms with E-state index in [1.807, 2.05) is 0 Å². The van der Waals surface area contributed by atoms with Crippen molar-refractivity contribution in [2.75, 3.05) is 20.6 Å². The highest BCUT2D eigenvalue weighted by atomic mass is 15.1. The van der Waals surface area contributed by atoms with Crippen LogP contribution in [0.5, 0.6) is 0 Å². The first kappa shape index (κ1) is 13.1. The number of nitrogens with zero attached hydrogens (tertiary/aromatic N) is 2. The maximum atomic E-state index is 5.74. The SMILES string of the molecule is CC(CN)CC(c1ccc2nc[nH]c2c1)N(C)C. The van der Waals surface area contributed by atoms with Crippen LogP contribution in [0.25, 0.3) is 11.0 Å². The fourth-order valence-corrected chi connectivity index (χ4v) is 2.28. The van der Waals surface area contributed by atoms with Gasteiger partial charge in [-0.2, -0.15) is 0 Å². The lowest BCUT2D eigenvalue weighted by Crippen LogP contribution is -2.24. The van der Waals surface area contributed by atoms with Crippen LogP contribution in [0.4, 0.5) is 0 Å². The van der Waals surface area contributed by atoms with Gasteiger partial charge in [0.1, 0.15) is 0 Å². The van der Waals surface area contributed by atoms with Crippen molar-refractivity contribution in [3.63, 3.8) is 0 Å². The Morgan fingerprint density at radius 3 is 2.83 bits per heavy atom. The Bertz CT molecular complexity index is 503. The van der Waals surface area contributed by atoms with Crippen LogP contribution in [0.3, 0.4) is 0 Å². The van der Waals surface area contributed by atoms with E-state index in [4.69, 9.17) is 5.73 Å². The molecular weight excluding hydrogens is 224 g/mol. The molecule has 0 amide bonds. The minimum Gasteiger partial charge on any atom is -0.345 e. The summed E-state index contributed by atoms with van der Waals surface area (Å²) in [6.07, 6.45) is 2.81. The van der Waals surface area contributed by atoms with Gasteiger partial charge in [-0.05, 0) is 50.7 Å². The smallest absolute Gasteiger partial charge is 0.0931 e. The molecule has 0 fully saturated rings. The summed E-state index contributed by atoms with van der Waals surface area (Å²) in [5, 5.41) is 0. The molecule has 0 bridgehead atoms. The quantitative estimate of drug-likeness (QED) is 0.850. The third-order valence-corrected chi connectivity index (χ3v) is 3.48. The van der Waals surface area contributed by atoms with Crippen LogP contribution in [0.2, 0.25) is 0 Å². The Kier molecular flexibility index (Phi) is 3.99. The Hall–Kier alpha value is -1.39. The maximum Gasteiger partial charge on any atom is 0.0931 e. The minimum absolute atomic E-state index is 0.399. The first-order valence-corrected chi connectivity index (χ1v) is 6.41. The lowest BCUT2D eigenvalue weighted by molar-refractivity contribution is 0.255. The van der Waals surface area contributed by atoms with Gasteiger partial charge in [-0.1, -0.05) is 13.0 Å². The fraction of sp³-hybridized carbons (Fsp3) is 0.500. The Morgan fingerprint density at radius 2 is 2.17 bits per heavy atom. The molecule has 98 valence electrons. The molecule has 4 heteroatoms. The summed E-state index contributed by atoms with van der Waals surface area (Å²) in [5.74, 6) is 0.523. The number of imidazole rings is 1. The molecule has 1 heterocycles. The lowest BCUT2D eigenvalue weighted by Gasteiger charge is -2.27. The summed E-state index contributed by atoms with van der Waals surface area (Å²) < 4.78 is 0. The van der Waals surface area contributed by atoms with Crippen molar-refractivity contribution in [1.82, 2.24) is 14.9 Å². The number of aromatic nitrogens is 2. The van der Waals surface area contributed by atoms with E-state index in [9.17, 15) is 0 Å². The number of nitrogens with one attached hydrogen (secondary N) is 1. The molecule has 0 aliphatic carbocycles. The van der Waals surface area contributed by atoms with Gasteiger partial charge < -0.3 is 15.6 Å². The van der Waals surface area contributed by atoms with Gasteiger partial charge in [0.05, 0.1) is 17.4 Å². The van der Waals surface area contributed by atoms with E-state index in [-0.39, 0.29) is 0 Å². The molecule has 2 unspecified atom stereocenters. The van der Waals surface area contributed by atoms with Gasteiger partial charge in [0.25, 0.3) is 0 Å². The molecule has 0 radical (unpaired) electrons. The lowest BCUT2D eigenvalue weighted by atomic mass is 9.95. The molecule has 0 aliphatic rings. The molecule has 18 heavy (non-hydrogen) atoms. The number of fused-ring (bicyclic) bond motifs is 1. The Labute approximate surface area is 108 Å². The highest BCUT2D eigenvalue weighted by molar-refractivity contribution is 5.75. The van der Waals surface area contributed by atoms with E-state index < -0.39 is 0 Å². The number of hydrogen-bond acceptors (Lipinski definition) is 3. The van der Waals surface area contributed by atoms with Crippen LogP contribution in [0.1, 0.15) is 24.9 Å². The summed E-state index contributed by atoms with van der Waals surface area (Å²) in [4.78, 5) is 9.67. The van der Waals surface area contributed by atoms with E-state index in [0.717, 1.165) is 24.0 Å². The molecule has 1 aromatic heterocycles. The number of nitrogens with two attached hydrogens (primary N) is 1. The largest absolute Gasteiger partial charge is 0.345 e. The van der Waals surface area contributed by atoms with Crippen LogP contribution in [0, 0.1) is 5.92 Å². The second kappa shape index (κ2) is 5.50. The molecule has 2 atom stereocenters. The fourth-order valence-electron chi connectivity index (χ4n) is 2.28. The van der Waals surface area contributed by atoms with E-state index in [0.29, 0.717) is 12.0 Å². The van der Waals surface area contributed by atoms with Crippen LogP contribution in [-0.4, -0.2) is 35.5 Å². The molecule has 4 nitrogen and oxygen atoms in total. The average Bonchev–Trinajstić information content (AvgIpc) is 2.82. The van der Waals surface area contributed by atoms with E-state index in [2.05, 4.69) is 54.1 Å². The Morgan fingerprint density at radius 1 is 1.39 bits per heavy atom. The molecule has 0 saturated carbocycles. The minimum atomic E-state index is 0.399. The normalized spacial score (nSPS) is 15.2. The van der Waals surface area contributed by atoms with Crippen molar-refractivity contribution in [2.45, 2.75) is 19.4 Å². The van der Waals surface area contributed by atoms with Crippen molar-refractivity contribution < 1.29 is 0 Å². The number of hydrogen-bond donors (Lipinski definition) is 2. The molecule has 0 spiro atoms. The average molecular weight is 246 g/mol. The summed E-state index contributed by atoms with van der Waals surface area (Å²) in [7, 11) is 4.23.